The first-order chi connectivity index (χ1) is 3.83. The Kier molecular flexibility index (Phi) is 2.32. The molecule has 8 heavy (non-hydrogen) atoms. The minimum absolute atomic E-state index is 0.831. The van der Waals surface area contributed by atoms with Gasteiger partial charge in [0.25, 0.3) is 0 Å². The fraction of sp³-hybridized carbons (Fsp3) is 0.667. The highest BCUT2D eigenvalue weighted by Crippen LogP contribution is 2.34. The maximum Gasteiger partial charge on any atom is 0.0106 e. The van der Waals surface area contributed by atoms with Crippen LogP contribution in [0.25, 0.3) is 0 Å². The first kappa shape index (κ1) is 6.56. The molecule has 0 N–H and O–H groups in total. The highest BCUT2D eigenvalue weighted by atomic mass is 32.2. The van der Waals surface area contributed by atoms with E-state index in [0.29, 0.717) is 0 Å². The number of hydrogen-bond acceptors (Lipinski definition) is 2. The molecule has 0 radical (unpaired) electrons. The summed E-state index contributed by atoms with van der Waals surface area (Å²) in [6.07, 6.45) is 3.43. The second-order valence-corrected chi connectivity index (χ2v) is 4.18. The molecule has 0 aromatic carbocycles. The van der Waals surface area contributed by atoms with Crippen LogP contribution in [0.5, 0.6) is 0 Å². The highest BCUT2D eigenvalue weighted by molar-refractivity contribution is 8.06. The van der Waals surface area contributed by atoms with Crippen molar-refractivity contribution in [1.82, 2.24) is 0 Å². The lowest BCUT2D eigenvalue weighted by atomic mass is 10.3. The molecule has 1 aliphatic heterocycles. The Bertz CT molecular complexity index is 107. The fourth-order valence-electron chi connectivity index (χ4n) is 0.703. The van der Waals surface area contributed by atoms with E-state index in [1.165, 1.54) is 6.42 Å². The summed E-state index contributed by atoms with van der Waals surface area (Å²) < 4.78 is 0. The molecule has 1 unspecified atom stereocenters. The molecule has 0 bridgehead atoms. The molecule has 0 saturated carbocycles. The first-order valence-corrected chi connectivity index (χ1v) is 4.88. The van der Waals surface area contributed by atoms with Gasteiger partial charge in [-0.1, -0.05) is 6.92 Å². The second-order valence-electron chi connectivity index (χ2n) is 1.94. The van der Waals surface area contributed by atoms with Crippen molar-refractivity contribution in [2.75, 3.05) is 6.26 Å². The van der Waals surface area contributed by atoms with Crippen LogP contribution in [0.3, 0.4) is 0 Å². The van der Waals surface area contributed by atoms with E-state index in [0.717, 1.165) is 5.25 Å². The quantitative estimate of drug-likeness (QED) is 0.558. The van der Waals surface area contributed by atoms with Crippen LogP contribution in [0, 0.1) is 0 Å². The van der Waals surface area contributed by atoms with E-state index in [1.807, 2.05) is 23.5 Å². The van der Waals surface area contributed by atoms with Crippen LogP contribution in [0.4, 0.5) is 0 Å². The molecule has 0 aromatic heterocycles. The third-order valence-electron chi connectivity index (χ3n) is 1.18. The maximum absolute atomic E-state index is 2.27. The Morgan fingerprint density at radius 1 is 1.88 bits per heavy atom. The van der Waals surface area contributed by atoms with Crippen molar-refractivity contribution in [1.29, 1.82) is 0 Å². The van der Waals surface area contributed by atoms with Crippen molar-refractivity contribution in [2.24, 2.45) is 0 Å². The molecule has 0 saturated heterocycles. The molecule has 0 amide bonds. The number of hydrogen-bond donors (Lipinski definition) is 0. The average Bonchev–Trinajstić information content (AvgIpc) is 2.14. The summed E-state index contributed by atoms with van der Waals surface area (Å²) in [5.74, 6) is 0. The lowest BCUT2D eigenvalue weighted by molar-refractivity contribution is 0.992. The van der Waals surface area contributed by atoms with E-state index < -0.39 is 0 Å². The molecule has 1 heterocycles. The molecule has 46 valence electrons. The molecule has 0 aliphatic carbocycles. The summed E-state index contributed by atoms with van der Waals surface area (Å²) in [7, 11) is 0. The summed E-state index contributed by atoms with van der Waals surface area (Å²) in [5, 5.41) is 3.10. The lowest BCUT2D eigenvalue weighted by Gasteiger charge is -1.96. The zero-order valence-corrected chi connectivity index (χ0v) is 6.81. The van der Waals surface area contributed by atoms with Gasteiger partial charge in [0.1, 0.15) is 0 Å². The summed E-state index contributed by atoms with van der Waals surface area (Å²) in [6, 6.07) is 0. The molecule has 1 rings (SSSR count). The molecule has 1 aliphatic rings. The third-order valence-corrected chi connectivity index (χ3v) is 3.19. The Morgan fingerprint density at radius 3 is 2.88 bits per heavy atom. The van der Waals surface area contributed by atoms with Gasteiger partial charge in [-0.2, -0.15) is 0 Å². The predicted octanol–water partition coefficient (Wildman–Crippen LogP) is 2.72. The van der Waals surface area contributed by atoms with Crippen molar-refractivity contribution in [3.63, 3.8) is 0 Å². The summed E-state index contributed by atoms with van der Waals surface area (Å²) >= 11 is 3.82. The zero-order valence-electron chi connectivity index (χ0n) is 5.18. The summed E-state index contributed by atoms with van der Waals surface area (Å²) in [4.78, 5) is 1.54. The molecule has 0 fully saturated rings. The normalized spacial score (nSPS) is 28.2. The van der Waals surface area contributed by atoms with Crippen molar-refractivity contribution >= 4 is 23.5 Å². The maximum atomic E-state index is 2.27. The molecule has 0 spiro atoms. The van der Waals surface area contributed by atoms with Crippen molar-refractivity contribution in [3.05, 3.63) is 10.3 Å². The topological polar surface area (TPSA) is 0 Å². The van der Waals surface area contributed by atoms with Gasteiger partial charge in [-0.15, -0.1) is 23.5 Å². The van der Waals surface area contributed by atoms with Gasteiger partial charge in [0, 0.05) is 5.25 Å². The van der Waals surface area contributed by atoms with Crippen LogP contribution in [0.2, 0.25) is 0 Å². The number of thioether (sulfide) groups is 2. The van der Waals surface area contributed by atoms with Crippen LogP contribution in [0.1, 0.15) is 13.3 Å². The summed E-state index contributed by atoms with van der Waals surface area (Å²) in [5.41, 5.74) is 0. The minimum atomic E-state index is 0.831. The Labute approximate surface area is 59.1 Å². The average molecular weight is 146 g/mol. The van der Waals surface area contributed by atoms with E-state index in [2.05, 4.69) is 18.6 Å². The van der Waals surface area contributed by atoms with Gasteiger partial charge >= 0.3 is 0 Å². The molecule has 1 atom stereocenters. The van der Waals surface area contributed by atoms with E-state index >= 15 is 0 Å². The largest absolute Gasteiger partial charge is 0.133 e. The second kappa shape index (κ2) is 2.83. The van der Waals surface area contributed by atoms with Crippen molar-refractivity contribution in [3.8, 4) is 0 Å². The fourth-order valence-corrected chi connectivity index (χ4v) is 2.53. The Morgan fingerprint density at radius 2 is 2.62 bits per heavy atom. The van der Waals surface area contributed by atoms with Crippen LogP contribution in [-0.2, 0) is 0 Å². The van der Waals surface area contributed by atoms with Crippen molar-refractivity contribution in [2.45, 2.75) is 18.6 Å². The Hall–Kier alpha value is 0.440. The van der Waals surface area contributed by atoms with Crippen LogP contribution in [0.15, 0.2) is 10.3 Å². The van der Waals surface area contributed by atoms with Crippen LogP contribution in [-0.4, -0.2) is 11.5 Å². The Balaban J connectivity index is 2.37. The van der Waals surface area contributed by atoms with Crippen LogP contribution >= 0.6 is 23.5 Å². The van der Waals surface area contributed by atoms with E-state index in [1.54, 1.807) is 4.91 Å². The van der Waals surface area contributed by atoms with Gasteiger partial charge in [0.15, 0.2) is 0 Å². The first-order valence-electron chi connectivity index (χ1n) is 2.71. The SMILES string of the molecule is CSC1=CSC(C)C1. The summed E-state index contributed by atoms with van der Waals surface area (Å²) in [6.45, 7) is 2.27. The van der Waals surface area contributed by atoms with Gasteiger partial charge in [-0.05, 0) is 23.0 Å². The van der Waals surface area contributed by atoms with E-state index in [4.69, 9.17) is 0 Å². The zero-order chi connectivity index (χ0) is 5.98. The molecular weight excluding hydrogens is 136 g/mol. The van der Waals surface area contributed by atoms with Gasteiger partial charge in [0.2, 0.25) is 0 Å². The van der Waals surface area contributed by atoms with Gasteiger partial charge in [-0.3, -0.25) is 0 Å². The molecule has 2 heteroatoms. The standard InChI is InChI=1S/C6H10S2/c1-5-3-6(7-2)4-8-5/h4-5H,3H2,1-2H3. The van der Waals surface area contributed by atoms with Gasteiger partial charge < -0.3 is 0 Å². The minimum Gasteiger partial charge on any atom is -0.133 e. The van der Waals surface area contributed by atoms with Gasteiger partial charge in [-0.25, -0.2) is 0 Å². The van der Waals surface area contributed by atoms with Gasteiger partial charge in [0.05, 0.1) is 0 Å². The smallest absolute Gasteiger partial charge is 0.0106 e. The lowest BCUT2D eigenvalue weighted by Crippen LogP contribution is -1.86. The number of allylic oxidation sites excluding steroid dienone is 1. The van der Waals surface area contributed by atoms with Crippen molar-refractivity contribution < 1.29 is 0 Å². The predicted molar refractivity (Wildman–Crippen MR) is 43.3 cm³/mol. The highest BCUT2D eigenvalue weighted by Gasteiger charge is 2.10. The van der Waals surface area contributed by atoms with Crippen LogP contribution < -0.4 is 0 Å². The molecule has 0 nitrogen and oxygen atoms in total. The monoisotopic (exact) mass is 146 g/mol. The third kappa shape index (κ3) is 1.46. The molecular formula is C6H10S2. The van der Waals surface area contributed by atoms with E-state index in [9.17, 15) is 0 Å². The molecule has 0 aromatic rings. The number of rotatable bonds is 1. The van der Waals surface area contributed by atoms with E-state index in [-0.39, 0.29) is 0 Å².